The van der Waals surface area contributed by atoms with E-state index >= 15 is 0 Å². The highest BCUT2D eigenvalue weighted by atomic mass is 16.5. The number of benzene rings is 1. The Morgan fingerprint density at radius 1 is 1.52 bits per heavy atom. The summed E-state index contributed by atoms with van der Waals surface area (Å²) in [5, 5.41) is 6.88. The monoisotopic (exact) mass is 316 g/mol. The fourth-order valence-corrected chi connectivity index (χ4v) is 2.59. The van der Waals surface area contributed by atoms with Crippen LogP contribution in [-0.4, -0.2) is 33.4 Å². The van der Waals surface area contributed by atoms with Gasteiger partial charge >= 0.3 is 0 Å². The molecular weight excluding hydrogens is 296 g/mol. The normalized spacial score (nSPS) is 15.8. The third kappa shape index (κ3) is 3.61. The topological polar surface area (TPSA) is 78.3 Å². The molecule has 0 bridgehead atoms. The fraction of sp³-hybridized carbons (Fsp3) is 0.438. The summed E-state index contributed by atoms with van der Waals surface area (Å²) in [6, 6.07) is 3.80. The SMILES string of the molecule is CCOc1cc2c(cc1NC(=O)CCn1cncn1)O[C@@H](C)C2. The average Bonchev–Trinajstić information content (AvgIpc) is 3.14. The van der Waals surface area contributed by atoms with Crippen LogP contribution in [0, 0.1) is 0 Å². The molecule has 1 amide bonds. The van der Waals surface area contributed by atoms with Crippen LogP contribution >= 0.6 is 0 Å². The molecule has 3 rings (SSSR count). The van der Waals surface area contributed by atoms with Gasteiger partial charge in [0.2, 0.25) is 5.91 Å². The maximum absolute atomic E-state index is 12.2. The van der Waals surface area contributed by atoms with Gasteiger partial charge in [0.1, 0.15) is 30.3 Å². The van der Waals surface area contributed by atoms with Gasteiger partial charge in [0.05, 0.1) is 18.8 Å². The highest BCUT2D eigenvalue weighted by molar-refractivity contribution is 5.92. The first kappa shape index (κ1) is 15.3. The summed E-state index contributed by atoms with van der Waals surface area (Å²) in [6.45, 7) is 4.96. The van der Waals surface area contributed by atoms with E-state index < -0.39 is 0 Å². The summed E-state index contributed by atoms with van der Waals surface area (Å²) in [5.74, 6) is 1.39. The first-order chi connectivity index (χ1) is 11.2. The summed E-state index contributed by atoms with van der Waals surface area (Å²) < 4.78 is 13.0. The zero-order chi connectivity index (χ0) is 16.2. The van der Waals surface area contributed by atoms with Gasteiger partial charge in [0.15, 0.2) is 0 Å². The van der Waals surface area contributed by atoms with Crippen molar-refractivity contribution in [3.05, 3.63) is 30.4 Å². The predicted octanol–water partition coefficient (Wildman–Crippen LogP) is 2.03. The summed E-state index contributed by atoms with van der Waals surface area (Å²) in [7, 11) is 0. The van der Waals surface area contributed by atoms with Crippen LogP contribution in [0.5, 0.6) is 11.5 Å². The standard InChI is InChI=1S/C16H20N4O3/c1-3-22-15-7-12-6-11(2)23-14(12)8-13(15)19-16(21)4-5-20-10-17-9-18-20/h7-11H,3-6H2,1-2H3,(H,19,21)/t11-/m0/s1. The summed E-state index contributed by atoms with van der Waals surface area (Å²) >= 11 is 0. The van der Waals surface area contributed by atoms with Gasteiger partial charge in [0, 0.05) is 24.5 Å². The van der Waals surface area contributed by atoms with E-state index in [1.807, 2.05) is 26.0 Å². The van der Waals surface area contributed by atoms with Crippen molar-refractivity contribution in [2.24, 2.45) is 0 Å². The molecule has 1 N–H and O–H groups in total. The highest BCUT2D eigenvalue weighted by Crippen LogP contribution is 2.38. The number of nitrogens with zero attached hydrogens (tertiary/aromatic N) is 3. The molecule has 0 saturated heterocycles. The number of carbonyl (C=O) groups excluding carboxylic acids is 1. The second-order valence-corrected chi connectivity index (χ2v) is 5.48. The molecule has 122 valence electrons. The highest BCUT2D eigenvalue weighted by Gasteiger charge is 2.22. The molecule has 7 heteroatoms. The van der Waals surface area contributed by atoms with E-state index in [0.717, 1.165) is 17.7 Å². The number of rotatable bonds is 6. The van der Waals surface area contributed by atoms with E-state index in [2.05, 4.69) is 15.4 Å². The molecule has 23 heavy (non-hydrogen) atoms. The van der Waals surface area contributed by atoms with Crippen LogP contribution in [0.2, 0.25) is 0 Å². The number of hydrogen-bond donors (Lipinski definition) is 1. The minimum absolute atomic E-state index is 0.104. The van der Waals surface area contributed by atoms with Crippen molar-refractivity contribution in [3.63, 3.8) is 0 Å². The van der Waals surface area contributed by atoms with E-state index in [-0.39, 0.29) is 12.0 Å². The quantitative estimate of drug-likeness (QED) is 0.882. The number of hydrogen-bond acceptors (Lipinski definition) is 5. The summed E-state index contributed by atoms with van der Waals surface area (Å²) in [6.07, 6.45) is 4.35. The number of fused-ring (bicyclic) bond motifs is 1. The van der Waals surface area contributed by atoms with Crippen LogP contribution in [0.3, 0.4) is 0 Å². The number of aromatic nitrogens is 3. The lowest BCUT2D eigenvalue weighted by molar-refractivity contribution is -0.116. The molecule has 2 aromatic rings. The van der Waals surface area contributed by atoms with Crippen molar-refractivity contribution < 1.29 is 14.3 Å². The van der Waals surface area contributed by atoms with Crippen molar-refractivity contribution >= 4 is 11.6 Å². The molecule has 1 atom stereocenters. The lowest BCUT2D eigenvalue weighted by Gasteiger charge is -2.13. The van der Waals surface area contributed by atoms with Crippen LogP contribution < -0.4 is 14.8 Å². The zero-order valence-electron chi connectivity index (χ0n) is 13.3. The molecule has 0 radical (unpaired) electrons. The van der Waals surface area contributed by atoms with Gasteiger partial charge in [-0.1, -0.05) is 0 Å². The predicted molar refractivity (Wildman–Crippen MR) is 84.7 cm³/mol. The Kier molecular flexibility index (Phi) is 4.45. The molecule has 1 aliphatic rings. The Balaban J connectivity index is 1.70. The van der Waals surface area contributed by atoms with E-state index in [4.69, 9.17) is 9.47 Å². The van der Waals surface area contributed by atoms with Crippen LogP contribution in [0.1, 0.15) is 25.8 Å². The molecular formula is C16H20N4O3. The molecule has 1 aromatic carbocycles. The number of nitrogens with one attached hydrogen (secondary N) is 1. The smallest absolute Gasteiger partial charge is 0.226 e. The zero-order valence-corrected chi connectivity index (χ0v) is 13.3. The molecule has 0 aliphatic carbocycles. The Morgan fingerprint density at radius 2 is 2.39 bits per heavy atom. The molecule has 1 aromatic heterocycles. The first-order valence-corrected chi connectivity index (χ1v) is 7.74. The average molecular weight is 316 g/mol. The third-order valence-electron chi connectivity index (χ3n) is 3.61. The first-order valence-electron chi connectivity index (χ1n) is 7.74. The molecule has 0 unspecified atom stereocenters. The van der Waals surface area contributed by atoms with Crippen LogP contribution in [0.25, 0.3) is 0 Å². The molecule has 2 heterocycles. The minimum atomic E-state index is -0.104. The molecule has 0 spiro atoms. The van der Waals surface area contributed by atoms with Gasteiger partial charge in [-0.25, -0.2) is 4.98 Å². The molecule has 0 fully saturated rings. The molecule has 0 saturated carbocycles. The molecule has 7 nitrogen and oxygen atoms in total. The van der Waals surface area contributed by atoms with Gasteiger partial charge in [-0.05, 0) is 19.9 Å². The third-order valence-corrected chi connectivity index (χ3v) is 3.61. The number of amides is 1. The summed E-state index contributed by atoms with van der Waals surface area (Å²) in [5.41, 5.74) is 1.75. The van der Waals surface area contributed by atoms with Crippen LogP contribution in [0.15, 0.2) is 24.8 Å². The van der Waals surface area contributed by atoms with Gasteiger partial charge in [0.25, 0.3) is 0 Å². The second-order valence-electron chi connectivity index (χ2n) is 5.48. The largest absolute Gasteiger partial charge is 0.492 e. The Morgan fingerprint density at radius 3 is 3.13 bits per heavy atom. The van der Waals surface area contributed by atoms with Crippen LogP contribution in [-0.2, 0) is 17.8 Å². The van der Waals surface area contributed by atoms with E-state index in [9.17, 15) is 4.79 Å². The van der Waals surface area contributed by atoms with Crippen LogP contribution in [0.4, 0.5) is 5.69 Å². The lowest BCUT2D eigenvalue weighted by Crippen LogP contribution is -2.15. The van der Waals surface area contributed by atoms with Crippen molar-refractivity contribution in [2.75, 3.05) is 11.9 Å². The van der Waals surface area contributed by atoms with Gasteiger partial charge in [-0.2, -0.15) is 5.10 Å². The fourth-order valence-electron chi connectivity index (χ4n) is 2.59. The number of ether oxygens (including phenoxy) is 2. The Bertz CT molecular complexity index is 685. The van der Waals surface area contributed by atoms with Gasteiger partial charge in [-0.3, -0.25) is 9.48 Å². The second kappa shape index (κ2) is 6.68. The number of aryl methyl sites for hydroxylation is 1. The lowest BCUT2D eigenvalue weighted by atomic mass is 10.1. The minimum Gasteiger partial charge on any atom is -0.492 e. The maximum atomic E-state index is 12.2. The number of anilines is 1. The number of carbonyl (C=O) groups is 1. The summed E-state index contributed by atoms with van der Waals surface area (Å²) in [4.78, 5) is 16.0. The van der Waals surface area contributed by atoms with Crippen molar-refractivity contribution in [2.45, 2.75) is 39.3 Å². The maximum Gasteiger partial charge on any atom is 0.226 e. The van der Waals surface area contributed by atoms with Gasteiger partial charge < -0.3 is 14.8 Å². The Hall–Kier alpha value is -2.57. The Labute approximate surface area is 134 Å². The van der Waals surface area contributed by atoms with Gasteiger partial charge in [-0.15, -0.1) is 0 Å². The molecule has 1 aliphatic heterocycles. The van der Waals surface area contributed by atoms with Crippen molar-refractivity contribution in [1.82, 2.24) is 14.8 Å². The van der Waals surface area contributed by atoms with E-state index in [0.29, 0.717) is 31.0 Å². The van der Waals surface area contributed by atoms with Crippen molar-refractivity contribution in [3.8, 4) is 11.5 Å². The van der Waals surface area contributed by atoms with E-state index in [1.165, 1.54) is 6.33 Å². The van der Waals surface area contributed by atoms with E-state index in [1.54, 1.807) is 11.0 Å². The van der Waals surface area contributed by atoms with Crippen molar-refractivity contribution in [1.29, 1.82) is 0 Å².